The maximum Gasteiger partial charge on any atom is 0.317 e. The predicted octanol–water partition coefficient (Wildman–Crippen LogP) is -0.0372. The Hall–Kier alpha value is -1.08. The minimum absolute atomic E-state index is 0.00279. The van der Waals surface area contributed by atoms with Crippen molar-refractivity contribution in [3.05, 3.63) is 0 Å². The Bertz CT molecular complexity index is 191. The first-order valence-electron chi connectivity index (χ1n) is 3.57. The van der Waals surface area contributed by atoms with Crippen molar-refractivity contribution in [3.63, 3.8) is 0 Å². The minimum atomic E-state index is -0.842. The molecule has 0 aromatic heterocycles. The molecule has 2 N–H and O–H groups in total. The molecule has 0 spiro atoms. The molecular weight excluding hydrogens is 144 g/mol. The number of carbonyl (C=O) groups is 1. The first-order chi connectivity index (χ1) is 5.22. The fourth-order valence-corrected chi connectivity index (χ4v) is 1.12. The van der Waals surface area contributed by atoms with E-state index in [2.05, 4.69) is 11.4 Å². The Balaban J connectivity index is 2.06. The molecule has 0 radical (unpaired) electrons. The molecule has 0 aromatic carbocycles. The third-order valence-corrected chi connectivity index (χ3v) is 1.86. The highest BCUT2D eigenvalue weighted by atomic mass is 16.4. The molecule has 60 valence electrons. The Kier molecular flexibility index (Phi) is 2.44. The van der Waals surface area contributed by atoms with Gasteiger partial charge in [0.05, 0.1) is 12.6 Å². The average Bonchev–Trinajstić information content (AvgIpc) is 1.84. The standard InChI is InChI=1S/C7H10N2O2/c8-3-5-1-6(2-5)9-4-7(10)11/h5-6,9H,1-2,4H2,(H,10,11). The van der Waals surface area contributed by atoms with Crippen LogP contribution in [0.2, 0.25) is 0 Å². The van der Waals surface area contributed by atoms with Gasteiger partial charge in [0.25, 0.3) is 0 Å². The summed E-state index contributed by atoms with van der Waals surface area (Å²) in [5.41, 5.74) is 0. The number of carboxylic acid groups (broad SMARTS) is 1. The van der Waals surface area contributed by atoms with Crippen LogP contribution in [-0.4, -0.2) is 23.7 Å². The third-order valence-electron chi connectivity index (χ3n) is 1.86. The fraction of sp³-hybridized carbons (Fsp3) is 0.714. The first-order valence-corrected chi connectivity index (χ1v) is 3.57. The summed E-state index contributed by atoms with van der Waals surface area (Å²) in [7, 11) is 0. The summed E-state index contributed by atoms with van der Waals surface area (Å²) in [6, 6.07) is 2.38. The predicted molar refractivity (Wildman–Crippen MR) is 37.8 cm³/mol. The van der Waals surface area contributed by atoms with Gasteiger partial charge >= 0.3 is 5.97 Å². The fourth-order valence-electron chi connectivity index (χ4n) is 1.12. The number of hydrogen-bond donors (Lipinski definition) is 2. The highest BCUT2D eigenvalue weighted by Gasteiger charge is 2.28. The van der Waals surface area contributed by atoms with Gasteiger partial charge in [-0.2, -0.15) is 5.26 Å². The number of rotatable bonds is 3. The van der Waals surface area contributed by atoms with Crippen LogP contribution in [-0.2, 0) is 4.79 Å². The zero-order valence-electron chi connectivity index (χ0n) is 6.08. The van der Waals surface area contributed by atoms with Crippen LogP contribution < -0.4 is 5.32 Å². The molecule has 0 aliphatic heterocycles. The summed E-state index contributed by atoms with van der Waals surface area (Å²) < 4.78 is 0. The van der Waals surface area contributed by atoms with E-state index in [9.17, 15) is 4.79 Å². The molecule has 0 heterocycles. The summed E-state index contributed by atoms with van der Waals surface area (Å²) in [5, 5.41) is 19.5. The van der Waals surface area contributed by atoms with Crippen molar-refractivity contribution in [2.75, 3.05) is 6.54 Å². The largest absolute Gasteiger partial charge is 0.480 e. The van der Waals surface area contributed by atoms with E-state index < -0.39 is 5.97 Å². The molecule has 4 heteroatoms. The van der Waals surface area contributed by atoms with Crippen LogP contribution in [0.25, 0.3) is 0 Å². The normalized spacial score (nSPS) is 28.6. The molecule has 1 fully saturated rings. The van der Waals surface area contributed by atoms with Gasteiger partial charge in [-0.1, -0.05) is 0 Å². The van der Waals surface area contributed by atoms with Crippen molar-refractivity contribution >= 4 is 5.97 Å². The lowest BCUT2D eigenvalue weighted by Crippen LogP contribution is -2.42. The molecular formula is C7H10N2O2. The van der Waals surface area contributed by atoms with Crippen LogP contribution in [0.3, 0.4) is 0 Å². The lowest BCUT2D eigenvalue weighted by molar-refractivity contribution is -0.136. The number of nitriles is 1. The molecule has 1 aliphatic carbocycles. The van der Waals surface area contributed by atoms with Crippen molar-refractivity contribution in [2.24, 2.45) is 5.92 Å². The van der Waals surface area contributed by atoms with E-state index in [1.807, 2.05) is 0 Å². The van der Waals surface area contributed by atoms with Gasteiger partial charge in [-0.25, -0.2) is 0 Å². The average molecular weight is 154 g/mol. The lowest BCUT2D eigenvalue weighted by atomic mass is 9.81. The van der Waals surface area contributed by atoms with Crippen LogP contribution in [0, 0.1) is 17.2 Å². The van der Waals surface area contributed by atoms with Gasteiger partial charge in [0.15, 0.2) is 0 Å². The smallest absolute Gasteiger partial charge is 0.317 e. The van der Waals surface area contributed by atoms with Crippen molar-refractivity contribution in [1.82, 2.24) is 5.32 Å². The summed E-state index contributed by atoms with van der Waals surface area (Å²) in [6.45, 7) is 0.00279. The SMILES string of the molecule is N#CC1CC(NCC(=O)O)C1. The van der Waals surface area contributed by atoms with Crippen LogP contribution in [0.5, 0.6) is 0 Å². The van der Waals surface area contributed by atoms with E-state index in [1.54, 1.807) is 0 Å². The zero-order chi connectivity index (χ0) is 8.27. The molecule has 1 saturated carbocycles. The van der Waals surface area contributed by atoms with Gasteiger partial charge in [-0.15, -0.1) is 0 Å². The van der Waals surface area contributed by atoms with Gasteiger partial charge in [0, 0.05) is 12.0 Å². The Morgan fingerprint density at radius 3 is 2.82 bits per heavy atom. The van der Waals surface area contributed by atoms with Gasteiger partial charge in [0.1, 0.15) is 0 Å². The quantitative estimate of drug-likeness (QED) is 0.598. The number of carboxylic acids is 1. The topological polar surface area (TPSA) is 73.1 Å². The molecule has 1 rings (SSSR count). The molecule has 0 unspecified atom stereocenters. The molecule has 4 nitrogen and oxygen atoms in total. The second-order valence-corrected chi connectivity index (χ2v) is 2.77. The maximum atomic E-state index is 10.1. The number of nitrogens with zero attached hydrogens (tertiary/aromatic N) is 1. The molecule has 11 heavy (non-hydrogen) atoms. The van der Waals surface area contributed by atoms with E-state index in [0.29, 0.717) is 0 Å². The molecule has 0 amide bonds. The van der Waals surface area contributed by atoms with E-state index in [4.69, 9.17) is 10.4 Å². The van der Waals surface area contributed by atoms with E-state index in [0.717, 1.165) is 12.8 Å². The Labute approximate surface area is 64.8 Å². The van der Waals surface area contributed by atoms with Gasteiger partial charge in [-0.05, 0) is 12.8 Å². The van der Waals surface area contributed by atoms with Crippen LogP contribution in [0.1, 0.15) is 12.8 Å². The van der Waals surface area contributed by atoms with Crippen molar-refractivity contribution < 1.29 is 9.90 Å². The first kappa shape index (κ1) is 8.02. The van der Waals surface area contributed by atoms with Gasteiger partial charge in [-0.3, -0.25) is 4.79 Å². The minimum Gasteiger partial charge on any atom is -0.480 e. The third kappa shape index (κ3) is 2.20. The zero-order valence-corrected chi connectivity index (χ0v) is 6.08. The van der Waals surface area contributed by atoms with Crippen LogP contribution >= 0.6 is 0 Å². The summed E-state index contributed by atoms with van der Waals surface area (Å²) in [6.07, 6.45) is 1.59. The van der Waals surface area contributed by atoms with Crippen LogP contribution in [0.4, 0.5) is 0 Å². The van der Waals surface area contributed by atoms with Crippen molar-refractivity contribution in [3.8, 4) is 6.07 Å². The van der Waals surface area contributed by atoms with E-state index in [-0.39, 0.29) is 18.5 Å². The van der Waals surface area contributed by atoms with Gasteiger partial charge < -0.3 is 10.4 Å². The summed E-state index contributed by atoms with van der Waals surface area (Å²) >= 11 is 0. The molecule has 0 saturated heterocycles. The summed E-state index contributed by atoms with van der Waals surface area (Å²) in [4.78, 5) is 10.1. The van der Waals surface area contributed by atoms with Crippen molar-refractivity contribution in [1.29, 1.82) is 5.26 Å². The molecule has 0 atom stereocenters. The van der Waals surface area contributed by atoms with Crippen molar-refractivity contribution in [2.45, 2.75) is 18.9 Å². The lowest BCUT2D eigenvalue weighted by Gasteiger charge is -2.30. The maximum absolute atomic E-state index is 10.1. The number of nitrogens with one attached hydrogen (secondary N) is 1. The molecule has 0 aromatic rings. The monoisotopic (exact) mass is 154 g/mol. The summed E-state index contributed by atoms with van der Waals surface area (Å²) in [5.74, 6) is -0.702. The molecule has 0 bridgehead atoms. The highest BCUT2D eigenvalue weighted by Crippen LogP contribution is 2.25. The molecule has 1 aliphatic rings. The number of aliphatic carboxylic acids is 1. The van der Waals surface area contributed by atoms with Gasteiger partial charge in [0.2, 0.25) is 0 Å². The second-order valence-electron chi connectivity index (χ2n) is 2.77. The number of hydrogen-bond acceptors (Lipinski definition) is 3. The Morgan fingerprint density at radius 1 is 1.73 bits per heavy atom. The van der Waals surface area contributed by atoms with E-state index in [1.165, 1.54) is 0 Å². The second kappa shape index (κ2) is 3.35. The highest BCUT2D eigenvalue weighted by molar-refractivity contribution is 5.69. The van der Waals surface area contributed by atoms with E-state index >= 15 is 0 Å². The van der Waals surface area contributed by atoms with Crippen LogP contribution in [0.15, 0.2) is 0 Å². The Morgan fingerprint density at radius 2 is 2.36 bits per heavy atom.